The molecular weight excluding hydrogens is 600 g/mol. The number of aromatic carboxylic acids is 2. The predicted octanol–water partition coefficient (Wildman–Crippen LogP) is 6.20. The van der Waals surface area contributed by atoms with Gasteiger partial charge in [0, 0.05) is 58.2 Å². The lowest BCUT2D eigenvalue weighted by atomic mass is 10.0. The van der Waals surface area contributed by atoms with Gasteiger partial charge < -0.3 is 10.2 Å². The Labute approximate surface area is 275 Å². The molecule has 0 aliphatic rings. The molecule has 0 fully saturated rings. The molecule has 0 atom stereocenters. The molecular formula is C40H22N4O4. The first-order chi connectivity index (χ1) is 23.4. The van der Waals surface area contributed by atoms with Gasteiger partial charge in [0.2, 0.25) is 0 Å². The highest BCUT2D eigenvalue weighted by atomic mass is 16.4. The average molecular weight is 623 g/mol. The molecule has 8 nitrogen and oxygen atoms in total. The second-order valence-electron chi connectivity index (χ2n) is 10.2. The van der Waals surface area contributed by atoms with Gasteiger partial charge in [0.25, 0.3) is 0 Å². The van der Waals surface area contributed by atoms with E-state index in [-0.39, 0.29) is 16.7 Å². The highest BCUT2D eigenvalue weighted by Crippen LogP contribution is 2.17. The van der Waals surface area contributed by atoms with Crippen LogP contribution in [-0.2, 0) is 0 Å². The Morgan fingerprint density at radius 2 is 0.771 bits per heavy atom. The summed E-state index contributed by atoms with van der Waals surface area (Å²) in [6, 6.07) is 27.7. The number of benzene rings is 2. The van der Waals surface area contributed by atoms with E-state index in [1.807, 2.05) is 66.7 Å². The molecule has 2 aromatic carbocycles. The summed E-state index contributed by atoms with van der Waals surface area (Å²) in [4.78, 5) is 40.7. The quantitative estimate of drug-likeness (QED) is 0.223. The van der Waals surface area contributed by atoms with Crippen molar-refractivity contribution in [3.8, 4) is 58.3 Å². The molecule has 4 aromatic heterocycles. The summed E-state index contributed by atoms with van der Waals surface area (Å²) < 4.78 is 0. The third kappa shape index (κ3) is 7.83. The lowest BCUT2D eigenvalue weighted by Crippen LogP contribution is -2.03. The topological polar surface area (TPSA) is 126 Å². The van der Waals surface area contributed by atoms with Crippen molar-refractivity contribution in [3.63, 3.8) is 0 Å². The zero-order valence-electron chi connectivity index (χ0n) is 25.0. The van der Waals surface area contributed by atoms with Crippen LogP contribution < -0.4 is 0 Å². The van der Waals surface area contributed by atoms with Gasteiger partial charge in [0.05, 0.1) is 33.9 Å². The molecule has 0 aliphatic heterocycles. The second-order valence-corrected chi connectivity index (χ2v) is 10.2. The van der Waals surface area contributed by atoms with Crippen molar-refractivity contribution in [2.75, 3.05) is 0 Å². The SMILES string of the molecule is O=C(O)c1cc(C#Cc2cc(C#Cc3ccnc(-c4ccccn4)c3)cc(C#Cc3ccnc(-c4ccccn4)c3)c2)cc(C(=O)O)c1. The predicted molar refractivity (Wildman–Crippen MR) is 180 cm³/mol. The van der Waals surface area contributed by atoms with E-state index in [0.717, 1.165) is 28.6 Å². The fourth-order valence-corrected chi connectivity index (χ4v) is 4.55. The number of hydrogen-bond donors (Lipinski definition) is 2. The zero-order valence-corrected chi connectivity index (χ0v) is 25.0. The summed E-state index contributed by atoms with van der Waals surface area (Å²) in [6.45, 7) is 0. The normalized spacial score (nSPS) is 9.92. The monoisotopic (exact) mass is 622 g/mol. The van der Waals surface area contributed by atoms with Gasteiger partial charge in [-0.25, -0.2) is 9.59 Å². The number of carboxylic acids is 2. The Bertz CT molecular complexity index is 2220. The number of rotatable bonds is 4. The number of carbonyl (C=O) groups is 2. The zero-order chi connectivity index (χ0) is 33.3. The molecule has 6 aromatic rings. The molecule has 48 heavy (non-hydrogen) atoms. The lowest BCUT2D eigenvalue weighted by molar-refractivity contribution is 0.0696. The Kier molecular flexibility index (Phi) is 9.06. The van der Waals surface area contributed by atoms with Crippen LogP contribution in [0.25, 0.3) is 22.8 Å². The van der Waals surface area contributed by atoms with Gasteiger partial charge in [-0.3, -0.25) is 19.9 Å². The maximum atomic E-state index is 11.6. The van der Waals surface area contributed by atoms with Crippen molar-refractivity contribution in [1.82, 2.24) is 19.9 Å². The number of pyridine rings is 4. The van der Waals surface area contributed by atoms with Crippen LogP contribution in [-0.4, -0.2) is 42.1 Å². The molecule has 0 amide bonds. The van der Waals surface area contributed by atoms with Gasteiger partial charge in [-0.05, 0) is 84.9 Å². The standard InChI is InChI=1S/C40H22N4O4/c45-39(46)33-22-32(23-34(26-33)40(47)48)12-11-31-20-29(9-7-27-13-17-43-37(24-27)35-5-1-3-15-41-35)19-30(21-31)10-8-28-14-18-44-38(25-28)36-6-2-4-16-42-36/h1-6,13-26H,(H,45,46)(H,47,48). The van der Waals surface area contributed by atoms with Gasteiger partial charge in [0.1, 0.15) is 0 Å². The van der Waals surface area contributed by atoms with Crippen LogP contribution >= 0.6 is 0 Å². The molecule has 0 spiro atoms. The highest BCUT2D eigenvalue weighted by Gasteiger charge is 2.11. The first-order valence-electron chi connectivity index (χ1n) is 14.5. The molecule has 0 radical (unpaired) electrons. The van der Waals surface area contributed by atoms with Gasteiger partial charge >= 0.3 is 11.9 Å². The first kappa shape index (κ1) is 30.7. The summed E-state index contributed by atoms with van der Waals surface area (Å²) in [5.74, 6) is 16.2. The van der Waals surface area contributed by atoms with Gasteiger partial charge in [-0.2, -0.15) is 0 Å². The summed E-state index contributed by atoms with van der Waals surface area (Å²) in [5, 5.41) is 18.9. The minimum atomic E-state index is -1.25. The Balaban J connectivity index is 1.39. The van der Waals surface area contributed by atoms with E-state index in [1.54, 1.807) is 36.9 Å². The van der Waals surface area contributed by atoms with E-state index in [2.05, 4.69) is 55.5 Å². The smallest absolute Gasteiger partial charge is 0.335 e. The highest BCUT2D eigenvalue weighted by molar-refractivity contribution is 5.94. The number of hydrogen-bond acceptors (Lipinski definition) is 6. The van der Waals surface area contributed by atoms with Crippen LogP contribution in [0, 0.1) is 35.5 Å². The van der Waals surface area contributed by atoms with Crippen LogP contribution in [0.2, 0.25) is 0 Å². The van der Waals surface area contributed by atoms with Crippen molar-refractivity contribution >= 4 is 11.9 Å². The van der Waals surface area contributed by atoms with Crippen molar-refractivity contribution in [1.29, 1.82) is 0 Å². The van der Waals surface area contributed by atoms with E-state index in [0.29, 0.717) is 28.1 Å². The molecule has 0 bridgehead atoms. The van der Waals surface area contributed by atoms with E-state index in [4.69, 9.17) is 0 Å². The van der Waals surface area contributed by atoms with E-state index >= 15 is 0 Å². The van der Waals surface area contributed by atoms with Gasteiger partial charge in [0.15, 0.2) is 0 Å². The summed E-state index contributed by atoms with van der Waals surface area (Å²) in [5.41, 5.74) is 6.05. The van der Waals surface area contributed by atoms with Crippen LogP contribution in [0.1, 0.15) is 54.1 Å². The van der Waals surface area contributed by atoms with Crippen molar-refractivity contribution in [2.24, 2.45) is 0 Å². The summed E-state index contributed by atoms with van der Waals surface area (Å²) >= 11 is 0. The molecule has 8 heteroatoms. The molecule has 2 N–H and O–H groups in total. The Hall–Kier alpha value is -7.34. The van der Waals surface area contributed by atoms with E-state index in [1.165, 1.54) is 12.1 Å². The molecule has 226 valence electrons. The number of aromatic nitrogens is 4. The summed E-state index contributed by atoms with van der Waals surface area (Å²) in [7, 11) is 0. The van der Waals surface area contributed by atoms with Gasteiger partial charge in [-0.15, -0.1) is 0 Å². The molecule has 0 unspecified atom stereocenters. The lowest BCUT2D eigenvalue weighted by Gasteiger charge is -2.01. The fraction of sp³-hybridized carbons (Fsp3) is 0. The summed E-state index contributed by atoms with van der Waals surface area (Å²) in [6.07, 6.45) is 6.77. The minimum Gasteiger partial charge on any atom is -0.478 e. The van der Waals surface area contributed by atoms with Crippen LogP contribution in [0.3, 0.4) is 0 Å². The van der Waals surface area contributed by atoms with E-state index in [9.17, 15) is 19.8 Å². The molecule has 0 saturated carbocycles. The van der Waals surface area contributed by atoms with Crippen molar-refractivity contribution < 1.29 is 19.8 Å². The van der Waals surface area contributed by atoms with Crippen LogP contribution in [0.15, 0.2) is 122 Å². The number of carboxylic acid groups (broad SMARTS) is 2. The maximum Gasteiger partial charge on any atom is 0.335 e. The van der Waals surface area contributed by atoms with E-state index < -0.39 is 11.9 Å². The Morgan fingerprint density at radius 1 is 0.396 bits per heavy atom. The average Bonchev–Trinajstić information content (AvgIpc) is 3.13. The largest absolute Gasteiger partial charge is 0.478 e. The van der Waals surface area contributed by atoms with Crippen LogP contribution in [0.5, 0.6) is 0 Å². The molecule has 0 aliphatic carbocycles. The first-order valence-corrected chi connectivity index (χ1v) is 14.5. The third-order valence-corrected chi connectivity index (χ3v) is 6.79. The van der Waals surface area contributed by atoms with Crippen LogP contribution in [0.4, 0.5) is 0 Å². The maximum absolute atomic E-state index is 11.6. The second kappa shape index (κ2) is 14.2. The number of nitrogens with zero attached hydrogens (tertiary/aromatic N) is 4. The van der Waals surface area contributed by atoms with Crippen molar-refractivity contribution in [3.05, 3.63) is 166 Å². The Morgan fingerprint density at radius 3 is 1.15 bits per heavy atom. The minimum absolute atomic E-state index is 0.171. The fourth-order valence-electron chi connectivity index (χ4n) is 4.55. The van der Waals surface area contributed by atoms with Crippen molar-refractivity contribution in [2.45, 2.75) is 0 Å². The molecule has 6 rings (SSSR count). The molecule has 4 heterocycles. The van der Waals surface area contributed by atoms with Gasteiger partial charge in [-0.1, -0.05) is 47.7 Å². The molecule has 0 saturated heterocycles. The third-order valence-electron chi connectivity index (χ3n) is 6.79.